The van der Waals surface area contributed by atoms with Crippen LogP contribution in [0.3, 0.4) is 0 Å². The predicted octanol–water partition coefficient (Wildman–Crippen LogP) is 3.89. The molecule has 0 amide bonds. The third-order valence-corrected chi connectivity index (χ3v) is 3.61. The van der Waals surface area contributed by atoms with Gasteiger partial charge in [-0.2, -0.15) is 0 Å². The van der Waals surface area contributed by atoms with Crippen molar-refractivity contribution in [1.29, 1.82) is 0 Å². The van der Waals surface area contributed by atoms with Crippen LogP contribution in [0.4, 0.5) is 0 Å². The van der Waals surface area contributed by atoms with E-state index in [1.54, 1.807) is 6.20 Å². The van der Waals surface area contributed by atoms with Gasteiger partial charge in [-0.25, -0.2) is 0 Å². The Balaban J connectivity index is 1.70. The molecule has 122 valence electrons. The number of nitrogens with zero attached hydrogens (tertiary/aromatic N) is 1. The van der Waals surface area contributed by atoms with Crippen molar-refractivity contribution in [2.24, 2.45) is 0 Å². The van der Waals surface area contributed by atoms with Crippen LogP contribution in [0.1, 0.15) is 36.9 Å². The van der Waals surface area contributed by atoms with Crippen LogP contribution in [-0.4, -0.2) is 22.7 Å². The zero-order valence-corrected chi connectivity index (χ0v) is 13.3. The first kappa shape index (κ1) is 17.0. The minimum Gasteiger partial charge on any atom is -0.493 e. The average molecular weight is 313 g/mol. The van der Waals surface area contributed by atoms with E-state index in [1.807, 2.05) is 30.3 Å². The lowest BCUT2D eigenvalue weighted by atomic mass is 10.1. The van der Waals surface area contributed by atoms with Crippen LogP contribution in [0.15, 0.2) is 48.7 Å². The Labute approximate surface area is 137 Å². The number of aliphatic carboxylic acids is 1. The molecule has 0 saturated carbocycles. The maximum absolute atomic E-state index is 10.5. The summed E-state index contributed by atoms with van der Waals surface area (Å²) in [5, 5.41) is 8.61. The topological polar surface area (TPSA) is 59.4 Å². The number of hydrogen-bond donors (Lipinski definition) is 1. The lowest BCUT2D eigenvalue weighted by molar-refractivity contribution is -0.137. The third-order valence-electron chi connectivity index (χ3n) is 3.61. The van der Waals surface area contributed by atoms with Gasteiger partial charge in [-0.3, -0.25) is 9.78 Å². The molecule has 1 aromatic heterocycles. The quantitative estimate of drug-likeness (QED) is 0.676. The number of rotatable bonds is 10. The van der Waals surface area contributed by atoms with Gasteiger partial charge >= 0.3 is 5.97 Å². The van der Waals surface area contributed by atoms with Crippen molar-refractivity contribution >= 4 is 5.97 Å². The molecule has 0 unspecified atom stereocenters. The zero-order valence-electron chi connectivity index (χ0n) is 13.3. The highest BCUT2D eigenvalue weighted by atomic mass is 16.5. The molecule has 2 aromatic rings. The average Bonchev–Trinajstić information content (AvgIpc) is 2.56. The van der Waals surface area contributed by atoms with Gasteiger partial charge in [0.2, 0.25) is 0 Å². The van der Waals surface area contributed by atoms with Gasteiger partial charge in [0.1, 0.15) is 5.75 Å². The van der Waals surface area contributed by atoms with Crippen molar-refractivity contribution in [1.82, 2.24) is 4.98 Å². The zero-order chi connectivity index (χ0) is 16.3. The van der Waals surface area contributed by atoms with Crippen molar-refractivity contribution in [3.63, 3.8) is 0 Å². The molecule has 1 N–H and O–H groups in total. The van der Waals surface area contributed by atoms with Crippen molar-refractivity contribution in [2.45, 2.75) is 38.5 Å². The minimum absolute atomic E-state index is 0.261. The first-order valence-electron chi connectivity index (χ1n) is 8.07. The Kier molecular flexibility index (Phi) is 7.11. The van der Waals surface area contributed by atoms with Crippen LogP contribution < -0.4 is 4.74 Å². The fraction of sp³-hybridized carbons (Fsp3) is 0.368. The molecule has 0 aliphatic heterocycles. The summed E-state index contributed by atoms with van der Waals surface area (Å²) in [6, 6.07) is 14.0. The number of carboxylic acid groups (broad SMARTS) is 1. The lowest BCUT2D eigenvalue weighted by Crippen LogP contribution is -2.03. The Morgan fingerprint density at radius 3 is 2.74 bits per heavy atom. The van der Waals surface area contributed by atoms with Crippen molar-refractivity contribution in [3.05, 3.63) is 59.9 Å². The van der Waals surface area contributed by atoms with Crippen LogP contribution in [0.2, 0.25) is 0 Å². The largest absolute Gasteiger partial charge is 0.493 e. The van der Waals surface area contributed by atoms with E-state index in [0.717, 1.165) is 43.5 Å². The van der Waals surface area contributed by atoms with Gasteiger partial charge in [0.25, 0.3) is 0 Å². The molecule has 0 fully saturated rings. The van der Waals surface area contributed by atoms with E-state index in [2.05, 4.69) is 17.1 Å². The van der Waals surface area contributed by atoms with Crippen LogP contribution in [0.25, 0.3) is 0 Å². The number of carbonyl (C=O) groups is 1. The van der Waals surface area contributed by atoms with E-state index in [9.17, 15) is 4.79 Å². The van der Waals surface area contributed by atoms with Gasteiger partial charge in [0, 0.05) is 24.7 Å². The van der Waals surface area contributed by atoms with Gasteiger partial charge in [-0.1, -0.05) is 24.6 Å². The predicted molar refractivity (Wildman–Crippen MR) is 89.7 cm³/mol. The van der Waals surface area contributed by atoms with E-state index < -0.39 is 5.97 Å². The van der Waals surface area contributed by atoms with Crippen LogP contribution in [-0.2, 0) is 17.6 Å². The maximum atomic E-state index is 10.5. The summed E-state index contributed by atoms with van der Waals surface area (Å²) in [7, 11) is 0. The van der Waals surface area contributed by atoms with Crippen LogP contribution >= 0.6 is 0 Å². The molecule has 0 aliphatic rings. The molecule has 0 aliphatic carbocycles. The molecule has 4 heteroatoms. The molecule has 1 aromatic carbocycles. The van der Waals surface area contributed by atoms with Crippen molar-refractivity contribution in [3.8, 4) is 5.75 Å². The Morgan fingerprint density at radius 1 is 1.04 bits per heavy atom. The fourth-order valence-corrected chi connectivity index (χ4v) is 2.39. The second kappa shape index (κ2) is 9.62. The molecule has 0 bridgehead atoms. The summed E-state index contributed by atoms with van der Waals surface area (Å²) in [6.07, 6.45) is 6.49. The number of unbranched alkanes of at least 4 members (excludes halogenated alkanes) is 2. The molecule has 2 rings (SSSR count). The molecule has 0 atom stereocenters. The maximum Gasteiger partial charge on any atom is 0.303 e. The van der Waals surface area contributed by atoms with E-state index in [-0.39, 0.29) is 6.42 Å². The summed E-state index contributed by atoms with van der Waals surface area (Å²) in [4.78, 5) is 14.7. The van der Waals surface area contributed by atoms with E-state index in [4.69, 9.17) is 9.84 Å². The molecule has 1 heterocycles. The van der Waals surface area contributed by atoms with Gasteiger partial charge in [-0.15, -0.1) is 0 Å². The molecule has 23 heavy (non-hydrogen) atoms. The summed E-state index contributed by atoms with van der Waals surface area (Å²) >= 11 is 0. The number of aryl methyl sites for hydroxylation is 1. The number of benzene rings is 1. The monoisotopic (exact) mass is 313 g/mol. The van der Waals surface area contributed by atoms with Gasteiger partial charge < -0.3 is 9.84 Å². The van der Waals surface area contributed by atoms with Gasteiger partial charge in [0.05, 0.1) is 6.61 Å². The standard InChI is InChI=1S/C19H23NO3/c21-19(22)11-3-1-2-7-16-8-6-10-18(15-16)23-14-12-17-9-4-5-13-20-17/h4-6,8-10,13,15H,1-3,7,11-12,14H2,(H,21,22). The van der Waals surface area contributed by atoms with Gasteiger partial charge in [0.15, 0.2) is 0 Å². The Morgan fingerprint density at radius 2 is 1.96 bits per heavy atom. The molecule has 0 spiro atoms. The third kappa shape index (κ3) is 6.96. The Bertz CT molecular complexity index is 599. The number of ether oxygens (including phenoxy) is 1. The van der Waals surface area contributed by atoms with E-state index in [1.165, 1.54) is 5.56 Å². The molecule has 0 radical (unpaired) electrons. The SMILES string of the molecule is O=C(O)CCCCCc1cccc(OCCc2ccccn2)c1. The van der Waals surface area contributed by atoms with E-state index in [0.29, 0.717) is 6.61 Å². The number of carboxylic acids is 1. The van der Waals surface area contributed by atoms with E-state index >= 15 is 0 Å². The van der Waals surface area contributed by atoms with Crippen LogP contribution in [0, 0.1) is 0 Å². The Hall–Kier alpha value is -2.36. The smallest absolute Gasteiger partial charge is 0.303 e. The normalized spacial score (nSPS) is 10.4. The van der Waals surface area contributed by atoms with Crippen molar-refractivity contribution in [2.75, 3.05) is 6.61 Å². The molecular weight excluding hydrogens is 290 g/mol. The summed E-state index contributed by atoms with van der Waals surface area (Å²) < 4.78 is 5.79. The number of aromatic nitrogens is 1. The van der Waals surface area contributed by atoms with Gasteiger partial charge in [-0.05, 0) is 49.1 Å². The minimum atomic E-state index is -0.715. The molecule has 4 nitrogen and oxygen atoms in total. The summed E-state index contributed by atoms with van der Waals surface area (Å²) in [5.74, 6) is 0.164. The highest BCUT2D eigenvalue weighted by molar-refractivity contribution is 5.66. The molecule has 0 saturated heterocycles. The number of hydrogen-bond acceptors (Lipinski definition) is 3. The highest BCUT2D eigenvalue weighted by Crippen LogP contribution is 2.16. The highest BCUT2D eigenvalue weighted by Gasteiger charge is 2.00. The number of pyridine rings is 1. The summed E-state index contributed by atoms with van der Waals surface area (Å²) in [6.45, 7) is 0.610. The first-order valence-corrected chi connectivity index (χ1v) is 8.07. The summed E-state index contributed by atoms with van der Waals surface area (Å²) in [5.41, 5.74) is 2.26. The van der Waals surface area contributed by atoms with Crippen molar-refractivity contribution < 1.29 is 14.6 Å². The first-order chi connectivity index (χ1) is 11.2. The second-order valence-corrected chi connectivity index (χ2v) is 5.52. The lowest BCUT2D eigenvalue weighted by Gasteiger charge is -2.08. The second-order valence-electron chi connectivity index (χ2n) is 5.52. The van der Waals surface area contributed by atoms with Crippen LogP contribution in [0.5, 0.6) is 5.75 Å². The fourth-order valence-electron chi connectivity index (χ4n) is 2.39. The molecular formula is C19H23NO3.